The molecule has 1 saturated carbocycles. The molecule has 128 valence electrons. The maximum Gasteiger partial charge on any atom is 0.391 e. The summed E-state index contributed by atoms with van der Waals surface area (Å²) in [7, 11) is 0. The van der Waals surface area contributed by atoms with Crippen molar-refractivity contribution in [3.05, 3.63) is 65.5 Å². The fraction of sp³-hybridized carbons (Fsp3) is 0.368. The average Bonchev–Trinajstić information content (AvgIpc) is 2.55. The summed E-state index contributed by atoms with van der Waals surface area (Å²) in [6.45, 7) is 0. The smallest absolute Gasteiger partial charge is 0.391 e. The van der Waals surface area contributed by atoms with Gasteiger partial charge in [-0.05, 0) is 61.1 Å². The van der Waals surface area contributed by atoms with E-state index < -0.39 is 23.3 Å². The van der Waals surface area contributed by atoms with E-state index in [0.29, 0.717) is 18.4 Å². The van der Waals surface area contributed by atoms with E-state index in [1.165, 1.54) is 24.3 Å². The number of aromatic hydroxyl groups is 1. The van der Waals surface area contributed by atoms with Crippen molar-refractivity contribution in [3.8, 4) is 5.75 Å². The fourth-order valence-electron chi connectivity index (χ4n) is 3.75. The van der Waals surface area contributed by atoms with Crippen molar-refractivity contribution in [1.29, 1.82) is 0 Å². The predicted octanol–water partition coefficient (Wildman–Crippen LogP) is 5.57. The highest BCUT2D eigenvalue weighted by Gasteiger charge is 2.47. The van der Waals surface area contributed by atoms with E-state index in [1.54, 1.807) is 24.3 Å². The average molecular weight is 338 g/mol. The third-order valence-corrected chi connectivity index (χ3v) is 5.10. The van der Waals surface area contributed by atoms with Crippen molar-refractivity contribution in [2.75, 3.05) is 0 Å². The van der Waals surface area contributed by atoms with Gasteiger partial charge in [0.2, 0.25) is 0 Å². The van der Waals surface area contributed by atoms with Gasteiger partial charge in [-0.3, -0.25) is 0 Å². The molecule has 5 heteroatoms. The summed E-state index contributed by atoms with van der Waals surface area (Å²) in [6.07, 6.45) is -3.57. The van der Waals surface area contributed by atoms with Gasteiger partial charge in [-0.25, -0.2) is 4.39 Å². The molecule has 1 nitrogen and oxygen atoms in total. The Kier molecular flexibility index (Phi) is 4.28. The normalized spacial score (nSPS) is 24.8. The van der Waals surface area contributed by atoms with E-state index in [0.717, 1.165) is 5.56 Å². The van der Waals surface area contributed by atoms with Crippen LogP contribution in [0.15, 0.2) is 48.5 Å². The Bertz CT molecular complexity index is 698. The van der Waals surface area contributed by atoms with Gasteiger partial charge in [0.15, 0.2) is 0 Å². The molecule has 1 fully saturated rings. The summed E-state index contributed by atoms with van der Waals surface area (Å²) in [5.41, 5.74) is 0.845. The standard InChI is InChI=1S/C19H18F4O/c20-16-3-1-2-15(12-16)18(13-4-6-17(24)7-5-13)10-8-14(9-11-18)19(21,22)23/h1-7,12,14,24H,8-11H2/t14-,18-. The van der Waals surface area contributed by atoms with Crippen LogP contribution in [0.5, 0.6) is 5.75 Å². The van der Waals surface area contributed by atoms with Crippen LogP contribution in [0.4, 0.5) is 17.6 Å². The van der Waals surface area contributed by atoms with Crippen molar-refractivity contribution >= 4 is 0 Å². The summed E-state index contributed by atoms with van der Waals surface area (Å²) >= 11 is 0. The summed E-state index contributed by atoms with van der Waals surface area (Å²) < 4.78 is 52.8. The van der Waals surface area contributed by atoms with E-state index in [1.807, 2.05) is 0 Å². The van der Waals surface area contributed by atoms with Crippen LogP contribution in [0.25, 0.3) is 0 Å². The molecule has 0 atom stereocenters. The van der Waals surface area contributed by atoms with E-state index in [4.69, 9.17) is 0 Å². The highest BCUT2D eigenvalue weighted by atomic mass is 19.4. The third kappa shape index (κ3) is 3.12. The summed E-state index contributed by atoms with van der Waals surface area (Å²) in [6, 6.07) is 12.6. The van der Waals surface area contributed by atoms with E-state index in [-0.39, 0.29) is 18.6 Å². The zero-order valence-corrected chi connectivity index (χ0v) is 13.0. The third-order valence-electron chi connectivity index (χ3n) is 5.10. The Morgan fingerprint density at radius 3 is 2.08 bits per heavy atom. The van der Waals surface area contributed by atoms with Crippen LogP contribution in [-0.4, -0.2) is 11.3 Å². The Morgan fingerprint density at radius 1 is 0.917 bits per heavy atom. The highest BCUT2D eigenvalue weighted by molar-refractivity contribution is 5.42. The molecule has 0 radical (unpaired) electrons. The largest absolute Gasteiger partial charge is 0.508 e. The molecule has 2 aromatic rings. The van der Waals surface area contributed by atoms with Gasteiger partial charge in [0.05, 0.1) is 5.92 Å². The van der Waals surface area contributed by atoms with Gasteiger partial charge >= 0.3 is 6.18 Å². The molecule has 2 aromatic carbocycles. The molecule has 0 amide bonds. The van der Waals surface area contributed by atoms with Gasteiger partial charge in [0.25, 0.3) is 0 Å². The molecule has 0 aromatic heterocycles. The minimum absolute atomic E-state index is 0.0148. The highest BCUT2D eigenvalue weighted by Crippen LogP contribution is 2.50. The van der Waals surface area contributed by atoms with E-state index in [9.17, 15) is 22.7 Å². The maximum absolute atomic E-state index is 13.7. The molecule has 1 aliphatic rings. The van der Waals surface area contributed by atoms with Gasteiger partial charge in [-0.2, -0.15) is 13.2 Å². The molecule has 3 rings (SSSR count). The van der Waals surface area contributed by atoms with Crippen molar-refractivity contribution in [1.82, 2.24) is 0 Å². The Morgan fingerprint density at radius 2 is 1.54 bits per heavy atom. The van der Waals surface area contributed by atoms with Crippen LogP contribution in [0, 0.1) is 11.7 Å². The summed E-state index contributed by atoms with van der Waals surface area (Å²) in [5, 5.41) is 9.49. The molecule has 0 bridgehead atoms. The molecular formula is C19H18F4O. The van der Waals surface area contributed by atoms with Crippen molar-refractivity contribution < 1.29 is 22.7 Å². The molecule has 0 spiro atoms. The number of rotatable bonds is 2. The number of phenols is 1. The number of alkyl halides is 3. The van der Waals surface area contributed by atoms with Gasteiger partial charge < -0.3 is 5.11 Å². The Labute approximate surface area is 137 Å². The summed E-state index contributed by atoms with van der Waals surface area (Å²) in [4.78, 5) is 0. The molecule has 1 N–H and O–H groups in total. The molecule has 0 aliphatic heterocycles. The first-order valence-corrected chi connectivity index (χ1v) is 7.93. The molecule has 0 saturated heterocycles. The first kappa shape index (κ1) is 16.8. The first-order chi connectivity index (χ1) is 11.3. The lowest BCUT2D eigenvalue weighted by Gasteiger charge is -2.41. The predicted molar refractivity (Wildman–Crippen MR) is 83.3 cm³/mol. The van der Waals surface area contributed by atoms with Gasteiger partial charge in [-0.1, -0.05) is 24.3 Å². The second-order valence-corrected chi connectivity index (χ2v) is 6.46. The number of halogens is 4. The minimum Gasteiger partial charge on any atom is -0.508 e. The van der Waals surface area contributed by atoms with Crippen LogP contribution < -0.4 is 0 Å². The van der Waals surface area contributed by atoms with Crippen LogP contribution in [0.2, 0.25) is 0 Å². The number of hydrogen-bond donors (Lipinski definition) is 1. The zero-order valence-electron chi connectivity index (χ0n) is 13.0. The van der Waals surface area contributed by atoms with Crippen LogP contribution in [0.1, 0.15) is 36.8 Å². The fourth-order valence-corrected chi connectivity index (χ4v) is 3.75. The van der Waals surface area contributed by atoms with Gasteiger partial charge in [0, 0.05) is 5.41 Å². The second-order valence-electron chi connectivity index (χ2n) is 6.46. The number of hydrogen-bond acceptors (Lipinski definition) is 1. The van der Waals surface area contributed by atoms with E-state index in [2.05, 4.69) is 0 Å². The lowest BCUT2D eigenvalue weighted by atomic mass is 9.63. The van der Waals surface area contributed by atoms with Crippen LogP contribution >= 0.6 is 0 Å². The summed E-state index contributed by atoms with van der Waals surface area (Å²) in [5.74, 6) is -1.61. The second kappa shape index (κ2) is 6.11. The first-order valence-electron chi connectivity index (χ1n) is 7.93. The van der Waals surface area contributed by atoms with Crippen molar-refractivity contribution in [2.24, 2.45) is 5.92 Å². The van der Waals surface area contributed by atoms with E-state index >= 15 is 0 Å². The number of benzene rings is 2. The zero-order chi connectivity index (χ0) is 17.4. The molecular weight excluding hydrogens is 320 g/mol. The lowest BCUT2D eigenvalue weighted by Crippen LogP contribution is -2.37. The molecule has 0 heterocycles. The molecule has 1 aliphatic carbocycles. The van der Waals surface area contributed by atoms with Crippen LogP contribution in [0.3, 0.4) is 0 Å². The number of phenolic OH excluding ortho intramolecular Hbond substituents is 1. The maximum atomic E-state index is 13.7. The van der Waals surface area contributed by atoms with Crippen molar-refractivity contribution in [2.45, 2.75) is 37.3 Å². The monoisotopic (exact) mass is 338 g/mol. The molecule has 24 heavy (non-hydrogen) atoms. The lowest BCUT2D eigenvalue weighted by molar-refractivity contribution is -0.184. The SMILES string of the molecule is Oc1ccc([C@]2(c3cccc(F)c3)CC[C@H](C(F)(F)F)CC2)cc1. The van der Waals surface area contributed by atoms with Crippen molar-refractivity contribution in [3.63, 3.8) is 0 Å². The van der Waals surface area contributed by atoms with Gasteiger partial charge in [-0.15, -0.1) is 0 Å². The Hall–Kier alpha value is -2.04. The molecule has 0 unspecified atom stereocenters. The Balaban J connectivity index is 2.02. The minimum atomic E-state index is -4.19. The van der Waals surface area contributed by atoms with Crippen LogP contribution in [-0.2, 0) is 5.41 Å². The van der Waals surface area contributed by atoms with Gasteiger partial charge in [0.1, 0.15) is 11.6 Å². The topological polar surface area (TPSA) is 20.2 Å². The quantitative estimate of drug-likeness (QED) is 0.710.